The quantitative estimate of drug-likeness (QED) is 0.400. The first-order valence-corrected chi connectivity index (χ1v) is 9.11. The summed E-state index contributed by atoms with van der Waals surface area (Å²) in [6, 6.07) is 21.1. The van der Waals surface area contributed by atoms with Crippen LogP contribution in [0.2, 0.25) is 0 Å². The first-order valence-electron chi connectivity index (χ1n) is 8.31. The van der Waals surface area contributed by atoms with E-state index in [0.717, 1.165) is 21.3 Å². The van der Waals surface area contributed by atoms with Gasteiger partial charge in [0.15, 0.2) is 0 Å². The van der Waals surface area contributed by atoms with E-state index in [1.807, 2.05) is 55.5 Å². The van der Waals surface area contributed by atoms with E-state index in [1.54, 1.807) is 4.90 Å². The second kappa shape index (κ2) is 8.14. The van der Waals surface area contributed by atoms with E-state index in [4.69, 9.17) is 0 Å². The van der Waals surface area contributed by atoms with E-state index in [0.29, 0.717) is 12.1 Å². The molecule has 3 aromatic rings. The van der Waals surface area contributed by atoms with Crippen LogP contribution in [0.5, 0.6) is 0 Å². The molecule has 0 saturated heterocycles. The van der Waals surface area contributed by atoms with Gasteiger partial charge >= 0.3 is 0 Å². The summed E-state index contributed by atoms with van der Waals surface area (Å²) in [5, 5.41) is 10.8. The third-order valence-electron chi connectivity index (χ3n) is 4.17. The van der Waals surface area contributed by atoms with E-state index in [-0.39, 0.29) is 11.6 Å². The number of nitro groups is 1. The van der Waals surface area contributed by atoms with Gasteiger partial charge < -0.3 is 4.90 Å². The van der Waals surface area contributed by atoms with Crippen LogP contribution in [-0.4, -0.2) is 10.8 Å². The lowest BCUT2D eigenvalue weighted by Crippen LogP contribution is -2.30. The van der Waals surface area contributed by atoms with Crippen molar-refractivity contribution in [2.45, 2.75) is 13.5 Å². The SMILES string of the molecule is Cc1ccc(N(Cc2ccc(Br)cc2)C(=O)c2ccc([N+](=O)[O-])cc2)cc1. The Balaban J connectivity index is 1.94. The lowest BCUT2D eigenvalue weighted by Gasteiger charge is -2.23. The van der Waals surface area contributed by atoms with E-state index in [1.165, 1.54) is 24.3 Å². The molecule has 0 bridgehead atoms. The van der Waals surface area contributed by atoms with Crippen molar-refractivity contribution in [3.63, 3.8) is 0 Å². The smallest absolute Gasteiger partial charge is 0.269 e. The number of anilines is 1. The maximum Gasteiger partial charge on any atom is 0.269 e. The van der Waals surface area contributed by atoms with Crippen molar-refractivity contribution in [2.24, 2.45) is 0 Å². The van der Waals surface area contributed by atoms with Crippen molar-refractivity contribution in [2.75, 3.05) is 4.90 Å². The van der Waals surface area contributed by atoms with Gasteiger partial charge in [-0.05, 0) is 48.9 Å². The molecule has 0 saturated carbocycles. The minimum Gasteiger partial charge on any atom is -0.304 e. The van der Waals surface area contributed by atoms with Gasteiger partial charge in [0, 0.05) is 27.9 Å². The van der Waals surface area contributed by atoms with Crippen molar-refractivity contribution in [3.05, 3.63) is 104 Å². The number of carbonyl (C=O) groups excluding carboxylic acids is 1. The highest BCUT2D eigenvalue weighted by atomic mass is 79.9. The molecule has 0 aliphatic carbocycles. The molecule has 0 spiro atoms. The van der Waals surface area contributed by atoms with Gasteiger partial charge in [0.1, 0.15) is 0 Å². The van der Waals surface area contributed by atoms with Crippen molar-refractivity contribution in [1.82, 2.24) is 0 Å². The molecular formula is C21H17BrN2O3. The Morgan fingerprint density at radius 2 is 1.56 bits per heavy atom. The standard InChI is InChI=1S/C21H17BrN2O3/c1-15-2-10-19(11-3-15)23(14-16-4-8-18(22)9-5-16)21(25)17-6-12-20(13-7-17)24(26)27/h2-13H,14H2,1H3. The predicted molar refractivity (Wildman–Crippen MR) is 109 cm³/mol. The fraction of sp³-hybridized carbons (Fsp3) is 0.0952. The van der Waals surface area contributed by atoms with Crippen LogP contribution < -0.4 is 4.90 Å². The normalized spacial score (nSPS) is 10.4. The molecule has 3 rings (SSSR count). The van der Waals surface area contributed by atoms with Crippen molar-refractivity contribution in [3.8, 4) is 0 Å². The summed E-state index contributed by atoms with van der Waals surface area (Å²) in [5.41, 5.74) is 3.21. The molecule has 0 unspecified atom stereocenters. The first-order chi connectivity index (χ1) is 12.9. The third-order valence-corrected chi connectivity index (χ3v) is 4.70. The molecular weight excluding hydrogens is 408 g/mol. The fourth-order valence-electron chi connectivity index (χ4n) is 2.66. The van der Waals surface area contributed by atoms with Crippen LogP contribution in [0, 0.1) is 17.0 Å². The van der Waals surface area contributed by atoms with Crippen LogP contribution >= 0.6 is 15.9 Å². The van der Waals surface area contributed by atoms with E-state index in [2.05, 4.69) is 15.9 Å². The minimum atomic E-state index is -0.478. The highest BCUT2D eigenvalue weighted by molar-refractivity contribution is 9.10. The summed E-state index contributed by atoms with van der Waals surface area (Å²) >= 11 is 3.41. The van der Waals surface area contributed by atoms with Crippen LogP contribution in [0.1, 0.15) is 21.5 Å². The number of nitro benzene ring substituents is 1. The van der Waals surface area contributed by atoms with E-state index < -0.39 is 4.92 Å². The van der Waals surface area contributed by atoms with Crippen molar-refractivity contribution < 1.29 is 9.72 Å². The number of aryl methyl sites for hydroxylation is 1. The van der Waals surface area contributed by atoms with Crippen molar-refractivity contribution >= 4 is 33.2 Å². The lowest BCUT2D eigenvalue weighted by molar-refractivity contribution is -0.384. The molecule has 5 nitrogen and oxygen atoms in total. The molecule has 0 fully saturated rings. The molecule has 1 amide bonds. The summed E-state index contributed by atoms with van der Waals surface area (Å²) in [7, 11) is 0. The molecule has 136 valence electrons. The molecule has 6 heteroatoms. The molecule has 0 aliphatic heterocycles. The Labute approximate surface area is 165 Å². The Hall–Kier alpha value is -2.99. The number of amides is 1. The second-order valence-corrected chi connectivity index (χ2v) is 7.07. The molecule has 0 N–H and O–H groups in total. The van der Waals surface area contributed by atoms with Crippen LogP contribution in [-0.2, 0) is 6.54 Å². The molecule has 27 heavy (non-hydrogen) atoms. The van der Waals surface area contributed by atoms with Gasteiger partial charge in [0.2, 0.25) is 0 Å². The summed E-state index contributed by atoms with van der Waals surface area (Å²) in [4.78, 5) is 25.2. The van der Waals surface area contributed by atoms with Crippen LogP contribution in [0.3, 0.4) is 0 Å². The number of hydrogen-bond acceptors (Lipinski definition) is 3. The summed E-state index contributed by atoms with van der Waals surface area (Å²) in [6.45, 7) is 2.38. The van der Waals surface area contributed by atoms with Gasteiger partial charge in [-0.25, -0.2) is 0 Å². The Morgan fingerprint density at radius 3 is 2.11 bits per heavy atom. The van der Waals surface area contributed by atoms with E-state index >= 15 is 0 Å². The zero-order valence-corrected chi connectivity index (χ0v) is 16.2. The van der Waals surface area contributed by atoms with Gasteiger partial charge in [-0.15, -0.1) is 0 Å². The average molecular weight is 425 g/mol. The average Bonchev–Trinajstić information content (AvgIpc) is 2.68. The van der Waals surface area contributed by atoms with Crippen LogP contribution in [0.25, 0.3) is 0 Å². The summed E-state index contributed by atoms with van der Waals surface area (Å²) < 4.78 is 0.967. The first kappa shape index (κ1) is 18.8. The molecule has 0 radical (unpaired) electrons. The zero-order chi connectivity index (χ0) is 19.4. The maximum absolute atomic E-state index is 13.1. The number of nitrogens with zero attached hydrogens (tertiary/aromatic N) is 2. The molecule has 0 heterocycles. The highest BCUT2D eigenvalue weighted by Crippen LogP contribution is 2.23. The Morgan fingerprint density at radius 1 is 0.963 bits per heavy atom. The largest absolute Gasteiger partial charge is 0.304 e. The predicted octanol–water partition coefficient (Wildman–Crippen LogP) is 5.51. The van der Waals surface area contributed by atoms with Crippen molar-refractivity contribution in [1.29, 1.82) is 0 Å². The number of carbonyl (C=O) groups is 1. The van der Waals surface area contributed by atoms with Gasteiger partial charge in [0.25, 0.3) is 11.6 Å². The summed E-state index contributed by atoms with van der Waals surface area (Å²) in [5.74, 6) is -0.211. The topological polar surface area (TPSA) is 63.5 Å². The maximum atomic E-state index is 13.1. The molecule has 3 aromatic carbocycles. The van der Waals surface area contributed by atoms with Gasteiger partial charge in [-0.1, -0.05) is 45.8 Å². The lowest BCUT2D eigenvalue weighted by atomic mass is 10.1. The van der Waals surface area contributed by atoms with E-state index in [9.17, 15) is 14.9 Å². The number of halogens is 1. The minimum absolute atomic E-state index is 0.0404. The Bertz CT molecular complexity index is 952. The third kappa shape index (κ3) is 4.60. The zero-order valence-electron chi connectivity index (χ0n) is 14.6. The molecule has 0 aliphatic rings. The van der Waals surface area contributed by atoms with Crippen LogP contribution in [0.4, 0.5) is 11.4 Å². The van der Waals surface area contributed by atoms with Gasteiger partial charge in [-0.2, -0.15) is 0 Å². The number of rotatable bonds is 5. The monoisotopic (exact) mass is 424 g/mol. The van der Waals surface area contributed by atoms with Gasteiger partial charge in [-0.3, -0.25) is 14.9 Å². The van der Waals surface area contributed by atoms with Crippen LogP contribution in [0.15, 0.2) is 77.3 Å². The molecule has 0 atom stereocenters. The Kier molecular flexibility index (Phi) is 5.66. The molecule has 0 aromatic heterocycles. The second-order valence-electron chi connectivity index (χ2n) is 6.16. The highest BCUT2D eigenvalue weighted by Gasteiger charge is 2.19. The van der Waals surface area contributed by atoms with Gasteiger partial charge in [0.05, 0.1) is 11.5 Å². The summed E-state index contributed by atoms with van der Waals surface area (Å²) in [6.07, 6.45) is 0. The number of non-ortho nitro benzene ring substituents is 1. The number of benzene rings is 3. The number of hydrogen-bond donors (Lipinski definition) is 0. The fourth-order valence-corrected chi connectivity index (χ4v) is 2.92.